The van der Waals surface area contributed by atoms with E-state index < -0.39 is 18.2 Å². The van der Waals surface area contributed by atoms with Gasteiger partial charge in [0.05, 0.1) is 18.7 Å². The second kappa shape index (κ2) is 7.73. The first-order valence-corrected chi connectivity index (χ1v) is 9.11. The Kier molecular flexibility index (Phi) is 5.54. The highest BCUT2D eigenvalue weighted by Gasteiger charge is 2.42. The van der Waals surface area contributed by atoms with Crippen molar-refractivity contribution in [3.8, 4) is 0 Å². The van der Waals surface area contributed by atoms with Crippen LogP contribution in [-0.4, -0.2) is 43.8 Å². The zero-order chi connectivity index (χ0) is 20.5. The summed E-state index contributed by atoms with van der Waals surface area (Å²) in [6.07, 6.45) is 0.640. The number of hydrogen-bond donors (Lipinski definition) is 0. The van der Waals surface area contributed by atoms with Crippen LogP contribution in [-0.2, 0) is 24.5 Å². The summed E-state index contributed by atoms with van der Waals surface area (Å²) in [5.74, 6) is -2.21. The number of ether oxygens (including phenoxy) is 2. The van der Waals surface area contributed by atoms with E-state index in [1.54, 1.807) is 19.0 Å². The van der Waals surface area contributed by atoms with E-state index in [0.717, 1.165) is 11.6 Å². The van der Waals surface area contributed by atoms with Crippen molar-refractivity contribution in [2.24, 2.45) is 0 Å². The average Bonchev–Trinajstić information content (AvgIpc) is 2.86. The van der Waals surface area contributed by atoms with E-state index >= 15 is 0 Å². The van der Waals surface area contributed by atoms with Crippen LogP contribution >= 0.6 is 0 Å². The van der Waals surface area contributed by atoms with Gasteiger partial charge in [0, 0.05) is 11.5 Å². The van der Waals surface area contributed by atoms with Crippen LogP contribution in [0, 0.1) is 0 Å². The third-order valence-electron chi connectivity index (χ3n) is 5.16. The fraction of sp³-hybridized carbons (Fsp3) is 0.364. The average molecular weight is 382 g/mol. The molecule has 1 aliphatic rings. The quantitative estimate of drug-likeness (QED) is 0.414. The molecular weight excluding hydrogens is 358 g/mol. The molecule has 0 aromatic heterocycles. The van der Waals surface area contributed by atoms with Crippen molar-refractivity contribution < 1.29 is 24.2 Å². The molecule has 6 heteroatoms. The monoisotopic (exact) mass is 382 g/mol. The summed E-state index contributed by atoms with van der Waals surface area (Å²) >= 11 is 0. The fourth-order valence-electron chi connectivity index (χ4n) is 3.73. The van der Waals surface area contributed by atoms with Gasteiger partial charge in [-0.1, -0.05) is 50.2 Å². The molecule has 0 spiro atoms. The summed E-state index contributed by atoms with van der Waals surface area (Å²) in [4.78, 5) is 24.0. The lowest BCUT2D eigenvalue weighted by molar-refractivity contribution is -0.297. The predicted molar refractivity (Wildman–Crippen MR) is 103 cm³/mol. The van der Waals surface area contributed by atoms with E-state index in [1.807, 2.05) is 6.07 Å². The molecule has 1 aliphatic carbocycles. The van der Waals surface area contributed by atoms with E-state index in [2.05, 4.69) is 44.2 Å². The maximum absolute atomic E-state index is 11.8. The lowest BCUT2D eigenvalue weighted by Gasteiger charge is -2.32. The van der Waals surface area contributed by atoms with Crippen LogP contribution in [0.25, 0.3) is 10.8 Å². The van der Waals surface area contributed by atoms with Gasteiger partial charge in [-0.05, 0) is 42.1 Å². The highest BCUT2D eigenvalue weighted by molar-refractivity contribution is 5.92. The van der Waals surface area contributed by atoms with Crippen molar-refractivity contribution in [2.45, 2.75) is 31.6 Å². The normalized spacial score (nSPS) is 18.7. The number of rotatable bonds is 7. The van der Waals surface area contributed by atoms with Gasteiger partial charge in [-0.15, -0.1) is 0 Å². The van der Waals surface area contributed by atoms with E-state index in [-0.39, 0.29) is 18.1 Å². The Labute approximate surface area is 164 Å². The van der Waals surface area contributed by atoms with E-state index in [1.165, 1.54) is 16.3 Å². The number of esters is 1. The maximum Gasteiger partial charge on any atom is 0.332 e. The maximum atomic E-state index is 11.8. The van der Waals surface area contributed by atoms with Gasteiger partial charge in [-0.3, -0.25) is 4.90 Å². The molecule has 0 aliphatic heterocycles. The van der Waals surface area contributed by atoms with Gasteiger partial charge in [0.1, 0.15) is 0 Å². The smallest absolute Gasteiger partial charge is 0.332 e. The first-order valence-electron chi connectivity index (χ1n) is 9.11. The molecule has 0 amide bonds. The molecule has 2 unspecified atom stereocenters. The van der Waals surface area contributed by atoms with Gasteiger partial charge in [0.25, 0.3) is 0 Å². The van der Waals surface area contributed by atoms with Crippen LogP contribution in [0.5, 0.6) is 0 Å². The summed E-state index contributed by atoms with van der Waals surface area (Å²) in [5, 5.41) is 12.8. The molecule has 0 radical (unpaired) electrons. The van der Waals surface area contributed by atoms with Gasteiger partial charge < -0.3 is 19.4 Å². The zero-order valence-corrected chi connectivity index (χ0v) is 16.5. The first-order chi connectivity index (χ1) is 13.2. The van der Waals surface area contributed by atoms with Crippen molar-refractivity contribution in [3.05, 3.63) is 59.7 Å². The highest BCUT2D eigenvalue weighted by atomic mass is 16.6. The highest BCUT2D eigenvalue weighted by Crippen LogP contribution is 2.51. The number of likely N-dealkylation sites (N-methyl/N-ethyl adjacent to an activating group) is 1. The van der Waals surface area contributed by atoms with Crippen molar-refractivity contribution in [1.29, 1.82) is 0 Å². The van der Waals surface area contributed by atoms with Crippen LogP contribution in [0.1, 0.15) is 31.1 Å². The number of carboxylic acid groups (broad SMARTS) is 1. The third kappa shape index (κ3) is 3.79. The largest absolute Gasteiger partial charge is 0.545 e. The minimum atomic E-state index is -1.45. The molecule has 148 valence electrons. The molecule has 6 nitrogen and oxygen atoms in total. The Morgan fingerprint density at radius 2 is 1.86 bits per heavy atom. The summed E-state index contributed by atoms with van der Waals surface area (Å²) in [6, 6.07) is 12.5. The van der Waals surface area contributed by atoms with Crippen LogP contribution < -0.4 is 5.11 Å². The van der Waals surface area contributed by atoms with E-state index in [9.17, 15) is 14.7 Å². The molecule has 2 aromatic rings. The number of carbonyl (C=O) groups is 2. The number of nitrogens with zero attached hydrogens (tertiary/aromatic N) is 1. The molecule has 2 aromatic carbocycles. The fourth-order valence-corrected chi connectivity index (χ4v) is 3.73. The van der Waals surface area contributed by atoms with Gasteiger partial charge >= 0.3 is 5.97 Å². The molecule has 0 saturated carbocycles. The minimum Gasteiger partial charge on any atom is -0.545 e. The van der Waals surface area contributed by atoms with E-state index in [4.69, 9.17) is 9.47 Å². The number of carboxylic acids is 1. The molecule has 0 saturated heterocycles. The molecule has 2 atom stereocenters. The molecule has 3 rings (SSSR count). The van der Waals surface area contributed by atoms with Gasteiger partial charge in [0.2, 0.25) is 0 Å². The van der Waals surface area contributed by atoms with Crippen LogP contribution in [0.3, 0.4) is 0 Å². The summed E-state index contributed by atoms with van der Waals surface area (Å²) in [6.45, 7) is 4.44. The summed E-state index contributed by atoms with van der Waals surface area (Å²) < 4.78 is 11.6. The second-order valence-corrected chi connectivity index (χ2v) is 7.69. The van der Waals surface area contributed by atoms with Gasteiger partial charge in [0.15, 0.2) is 6.23 Å². The SMILES string of the molecule is CN(C)C(COC1c2cccc3cccc(c23)C1(C)C)OC(=O)/C=C\C(=O)[O-]. The first kappa shape index (κ1) is 20.0. The zero-order valence-electron chi connectivity index (χ0n) is 16.5. The molecule has 0 bridgehead atoms. The van der Waals surface area contributed by atoms with Crippen molar-refractivity contribution in [1.82, 2.24) is 4.90 Å². The van der Waals surface area contributed by atoms with E-state index in [0.29, 0.717) is 6.08 Å². The molecule has 28 heavy (non-hydrogen) atoms. The minimum absolute atomic E-state index is 0.149. The number of aliphatic carboxylic acids is 1. The van der Waals surface area contributed by atoms with Gasteiger partial charge in [-0.2, -0.15) is 0 Å². The van der Waals surface area contributed by atoms with Crippen molar-refractivity contribution in [2.75, 3.05) is 20.7 Å². The lowest BCUT2D eigenvalue weighted by Crippen LogP contribution is -2.38. The predicted octanol–water partition coefficient (Wildman–Crippen LogP) is 1.93. The number of benzene rings is 2. The van der Waals surface area contributed by atoms with Crippen LogP contribution in [0.4, 0.5) is 0 Å². The summed E-state index contributed by atoms with van der Waals surface area (Å²) in [7, 11) is 3.53. The Balaban J connectivity index is 1.78. The van der Waals surface area contributed by atoms with Crippen molar-refractivity contribution in [3.63, 3.8) is 0 Å². The standard InChI is InChI=1S/C22H25NO5/c1-22(2)16-10-6-8-14-7-5-9-15(20(14)16)21(22)27-13-17(23(3)4)28-19(26)12-11-18(24)25/h5-12,17,21H,13H2,1-4H3,(H,24,25)/p-1/b12-11-. The number of hydrogen-bond acceptors (Lipinski definition) is 6. The molecule has 0 N–H and O–H groups in total. The van der Waals surface area contributed by atoms with Crippen LogP contribution in [0.15, 0.2) is 48.6 Å². The Hall–Kier alpha value is -2.70. The Morgan fingerprint density at radius 1 is 1.18 bits per heavy atom. The molecule has 0 heterocycles. The van der Waals surface area contributed by atoms with Gasteiger partial charge in [-0.25, -0.2) is 4.79 Å². The Morgan fingerprint density at radius 3 is 2.50 bits per heavy atom. The third-order valence-corrected chi connectivity index (χ3v) is 5.16. The topological polar surface area (TPSA) is 78.9 Å². The molecule has 0 fully saturated rings. The van der Waals surface area contributed by atoms with Crippen molar-refractivity contribution >= 4 is 22.7 Å². The second-order valence-electron chi connectivity index (χ2n) is 7.69. The molecular formula is C22H24NO5-. The Bertz CT molecular complexity index is 926. The lowest BCUT2D eigenvalue weighted by atomic mass is 9.83. The number of carbonyl (C=O) groups excluding carboxylic acids is 2. The summed E-state index contributed by atoms with van der Waals surface area (Å²) in [5.41, 5.74) is 2.12. The van der Waals surface area contributed by atoms with Crippen LogP contribution in [0.2, 0.25) is 0 Å².